The number of epoxide rings is 1. The summed E-state index contributed by atoms with van der Waals surface area (Å²) in [6.45, 7) is 5.88. The molecule has 1 heterocycles. The van der Waals surface area contributed by atoms with E-state index in [4.69, 9.17) is 24.0 Å². The molecule has 0 bridgehead atoms. The van der Waals surface area contributed by atoms with Gasteiger partial charge in [0.1, 0.15) is 6.61 Å². The SMILES string of the molecule is CCCCC/C=C\C/C=C\C/C=C\CC1OC1CCCC(=O)OC[C@H](COP(=O)(O)O)OC(=O)CCCCCCCCCCCCC(C)C. The first kappa shape index (κ1) is 45.3. The van der Waals surface area contributed by atoms with Crippen molar-refractivity contribution in [1.29, 1.82) is 0 Å². The average molecular weight is 713 g/mol. The Bertz CT molecular complexity index is 972. The monoisotopic (exact) mass is 712 g/mol. The van der Waals surface area contributed by atoms with E-state index in [1.54, 1.807) is 0 Å². The highest BCUT2D eigenvalue weighted by atomic mass is 31.2. The summed E-state index contributed by atoms with van der Waals surface area (Å²) in [5, 5.41) is 0. The number of ether oxygens (including phenoxy) is 3. The summed E-state index contributed by atoms with van der Waals surface area (Å²) < 4.78 is 32.0. The van der Waals surface area contributed by atoms with Crippen molar-refractivity contribution in [3.8, 4) is 0 Å². The second-order valence-corrected chi connectivity index (χ2v) is 15.0. The number of rotatable bonds is 33. The lowest BCUT2D eigenvalue weighted by Crippen LogP contribution is -2.29. The summed E-state index contributed by atoms with van der Waals surface area (Å²) >= 11 is 0. The molecule has 0 aromatic rings. The van der Waals surface area contributed by atoms with Crippen LogP contribution in [0.5, 0.6) is 0 Å². The van der Waals surface area contributed by atoms with E-state index in [1.807, 2.05) is 0 Å². The maximum atomic E-state index is 12.4. The maximum absolute atomic E-state index is 12.4. The number of allylic oxidation sites excluding steroid dienone is 5. The molecular formula is C39H69O9P. The van der Waals surface area contributed by atoms with Crippen molar-refractivity contribution in [3.63, 3.8) is 0 Å². The Morgan fingerprint density at radius 1 is 0.714 bits per heavy atom. The zero-order chi connectivity index (χ0) is 36.0. The predicted octanol–water partition coefficient (Wildman–Crippen LogP) is 10.2. The van der Waals surface area contributed by atoms with Crippen LogP contribution in [-0.4, -0.2) is 53.3 Å². The number of esters is 2. The lowest BCUT2D eigenvalue weighted by molar-refractivity contribution is -0.161. The lowest BCUT2D eigenvalue weighted by atomic mass is 10.0. The third kappa shape index (κ3) is 30.8. The summed E-state index contributed by atoms with van der Waals surface area (Å²) in [4.78, 5) is 42.8. The van der Waals surface area contributed by atoms with E-state index < -0.39 is 32.5 Å². The Morgan fingerprint density at radius 3 is 1.94 bits per heavy atom. The molecule has 0 spiro atoms. The molecule has 10 heteroatoms. The highest BCUT2D eigenvalue weighted by Gasteiger charge is 2.36. The van der Waals surface area contributed by atoms with Gasteiger partial charge in [-0.1, -0.05) is 134 Å². The van der Waals surface area contributed by atoms with Crippen LogP contribution in [0, 0.1) is 5.92 Å². The van der Waals surface area contributed by atoms with Crippen molar-refractivity contribution in [1.82, 2.24) is 0 Å². The Morgan fingerprint density at radius 2 is 1.31 bits per heavy atom. The number of phosphoric acid groups is 1. The molecule has 1 saturated heterocycles. The Kier molecular flexibility index (Phi) is 27.6. The van der Waals surface area contributed by atoms with Crippen LogP contribution in [0.3, 0.4) is 0 Å². The topological polar surface area (TPSA) is 132 Å². The molecule has 0 aromatic carbocycles. The van der Waals surface area contributed by atoms with Crippen molar-refractivity contribution >= 4 is 19.8 Å². The third-order valence-corrected chi connectivity index (χ3v) is 9.00. The summed E-state index contributed by atoms with van der Waals surface area (Å²) in [6, 6.07) is 0. The lowest BCUT2D eigenvalue weighted by Gasteiger charge is -2.18. The first-order valence-electron chi connectivity index (χ1n) is 19.3. The Hall–Kier alpha value is -1.77. The van der Waals surface area contributed by atoms with Gasteiger partial charge in [-0.15, -0.1) is 0 Å². The molecule has 1 aliphatic heterocycles. The van der Waals surface area contributed by atoms with Crippen molar-refractivity contribution in [3.05, 3.63) is 36.5 Å². The van der Waals surface area contributed by atoms with E-state index in [1.165, 1.54) is 70.6 Å². The van der Waals surface area contributed by atoms with Crippen molar-refractivity contribution in [2.45, 2.75) is 180 Å². The van der Waals surface area contributed by atoms with Gasteiger partial charge in [0, 0.05) is 12.8 Å². The molecule has 0 amide bonds. The van der Waals surface area contributed by atoms with Gasteiger partial charge in [-0.2, -0.15) is 0 Å². The molecule has 49 heavy (non-hydrogen) atoms. The second kappa shape index (κ2) is 29.9. The van der Waals surface area contributed by atoms with Crippen LogP contribution in [-0.2, 0) is 32.9 Å². The van der Waals surface area contributed by atoms with E-state index in [-0.39, 0.29) is 31.7 Å². The molecule has 3 atom stereocenters. The van der Waals surface area contributed by atoms with Crippen LogP contribution in [0.15, 0.2) is 36.5 Å². The zero-order valence-electron chi connectivity index (χ0n) is 30.9. The van der Waals surface area contributed by atoms with Crippen LogP contribution in [0.25, 0.3) is 0 Å². The maximum Gasteiger partial charge on any atom is 0.469 e. The zero-order valence-corrected chi connectivity index (χ0v) is 31.8. The largest absolute Gasteiger partial charge is 0.469 e. The number of unbranched alkanes of at least 4 members (excludes halogenated alkanes) is 12. The van der Waals surface area contributed by atoms with Crippen molar-refractivity contribution in [2.75, 3.05) is 13.2 Å². The van der Waals surface area contributed by atoms with E-state index in [9.17, 15) is 14.2 Å². The van der Waals surface area contributed by atoms with Gasteiger partial charge >= 0.3 is 19.8 Å². The molecule has 1 rings (SSSR count). The van der Waals surface area contributed by atoms with E-state index in [0.717, 1.165) is 50.9 Å². The number of hydrogen-bond acceptors (Lipinski definition) is 7. The van der Waals surface area contributed by atoms with Gasteiger partial charge in [0.15, 0.2) is 6.10 Å². The van der Waals surface area contributed by atoms with E-state index in [0.29, 0.717) is 12.8 Å². The molecule has 1 aliphatic rings. The number of carbonyl (C=O) groups excluding carboxylic acids is 2. The average Bonchev–Trinajstić information content (AvgIpc) is 3.80. The quantitative estimate of drug-likeness (QED) is 0.0224. The van der Waals surface area contributed by atoms with E-state index in [2.05, 4.69) is 61.8 Å². The summed E-state index contributed by atoms with van der Waals surface area (Å²) in [7, 11) is -4.77. The minimum absolute atomic E-state index is 0.139. The molecular weight excluding hydrogens is 643 g/mol. The third-order valence-electron chi connectivity index (χ3n) is 8.51. The molecule has 2 N–H and O–H groups in total. The molecule has 0 aliphatic carbocycles. The molecule has 1 fully saturated rings. The van der Waals surface area contributed by atoms with Crippen LogP contribution in [0.4, 0.5) is 0 Å². The first-order valence-corrected chi connectivity index (χ1v) is 20.8. The second-order valence-electron chi connectivity index (χ2n) is 13.8. The Labute approximate surface area is 297 Å². The Balaban J connectivity index is 2.15. The first-order chi connectivity index (χ1) is 23.6. The predicted molar refractivity (Wildman–Crippen MR) is 197 cm³/mol. The molecule has 284 valence electrons. The molecule has 9 nitrogen and oxygen atoms in total. The summed E-state index contributed by atoms with van der Waals surface area (Å²) in [5.74, 6) is -0.170. The molecule has 0 aromatic heterocycles. The number of hydrogen-bond donors (Lipinski definition) is 2. The van der Waals surface area contributed by atoms with Gasteiger partial charge in [-0.05, 0) is 57.3 Å². The van der Waals surface area contributed by atoms with Gasteiger partial charge in [0.2, 0.25) is 0 Å². The highest BCUT2D eigenvalue weighted by Crippen LogP contribution is 2.36. The number of carbonyl (C=O) groups is 2. The normalized spacial score (nSPS) is 17.1. The standard InChI is InChI=1S/C39H69O9P/c1-4-5-6-7-8-9-10-11-15-18-21-24-28-36-37(48-36)29-26-31-38(40)45-32-35(33-46-49(42,43)44)47-39(41)30-25-22-19-16-13-12-14-17-20-23-27-34(2)3/h8-9,11,15,21,24,34-37H,4-7,10,12-14,16-20,22-23,25-33H2,1-3H3,(H2,42,43,44)/b9-8-,15-11-,24-21-/t35-,36?,37?/m1/s1. The van der Waals surface area contributed by atoms with Crippen LogP contribution < -0.4 is 0 Å². The van der Waals surface area contributed by atoms with Gasteiger partial charge < -0.3 is 24.0 Å². The smallest absolute Gasteiger partial charge is 0.462 e. The van der Waals surface area contributed by atoms with Gasteiger partial charge in [0.25, 0.3) is 0 Å². The number of phosphoric ester groups is 1. The fourth-order valence-electron chi connectivity index (χ4n) is 5.53. The van der Waals surface area contributed by atoms with Gasteiger partial charge in [0.05, 0.1) is 18.8 Å². The van der Waals surface area contributed by atoms with Crippen LogP contribution in [0.2, 0.25) is 0 Å². The van der Waals surface area contributed by atoms with Crippen molar-refractivity contribution < 1.29 is 42.7 Å². The van der Waals surface area contributed by atoms with Crippen molar-refractivity contribution in [2.24, 2.45) is 5.92 Å². The van der Waals surface area contributed by atoms with E-state index >= 15 is 0 Å². The van der Waals surface area contributed by atoms with Crippen LogP contribution >= 0.6 is 7.82 Å². The fraction of sp³-hybridized carbons (Fsp3) is 0.795. The fourth-order valence-corrected chi connectivity index (χ4v) is 5.89. The minimum Gasteiger partial charge on any atom is -0.462 e. The van der Waals surface area contributed by atoms with Gasteiger partial charge in [-0.3, -0.25) is 14.1 Å². The summed E-state index contributed by atoms with van der Waals surface area (Å²) in [5.41, 5.74) is 0. The highest BCUT2D eigenvalue weighted by molar-refractivity contribution is 7.46. The van der Waals surface area contributed by atoms with Gasteiger partial charge in [-0.25, -0.2) is 4.57 Å². The molecule has 0 saturated carbocycles. The minimum atomic E-state index is -4.77. The molecule has 0 radical (unpaired) electrons. The van der Waals surface area contributed by atoms with Crippen LogP contribution in [0.1, 0.15) is 162 Å². The summed E-state index contributed by atoms with van der Waals surface area (Å²) in [6.07, 6.45) is 34.7. The molecule has 2 unspecified atom stereocenters.